The fourth-order valence-electron chi connectivity index (χ4n) is 4.17. The van der Waals surface area contributed by atoms with Gasteiger partial charge >= 0.3 is 11.9 Å². The molecule has 2 aromatic heterocycles. The van der Waals surface area contributed by atoms with Crippen LogP contribution < -0.4 is 26.6 Å². The van der Waals surface area contributed by atoms with Crippen LogP contribution in [-0.4, -0.2) is 79.6 Å². The van der Waals surface area contributed by atoms with Gasteiger partial charge in [0.1, 0.15) is 6.04 Å². The molecule has 7 N–H and O–H groups in total. The minimum absolute atomic E-state index is 0.0588. The van der Waals surface area contributed by atoms with Gasteiger partial charge in [0, 0.05) is 24.7 Å². The Morgan fingerprint density at radius 1 is 1.15 bits per heavy atom. The van der Waals surface area contributed by atoms with Crippen molar-refractivity contribution < 1.29 is 29.4 Å². The summed E-state index contributed by atoms with van der Waals surface area (Å²) in [5.41, 5.74) is 8.16. The van der Waals surface area contributed by atoms with E-state index in [-0.39, 0.29) is 47.8 Å². The molecule has 1 saturated heterocycles. The summed E-state index contributed by atoms with van der Waals surface area (Å²) in [5, 5.41) is 26.1. The van der Waals surface area contributed by atoms with Crippen molar-refractivity contribution in [1.82, 2.24) is 30.6 Å². The van der Waals surface area contributed by atoms with Crippen molar-refractivity contribution in [3.8, 4) is 0 Å². The third kappa shape index (κ3) is 6.93. The van der Waals surface area contributed by atoms with E-state index in [4.69, 9.17) is 10.8 Å². The first kappa shape index (κ1) is 28.1. The van der Waals surface area contributed by atoms with Gasteiger partial charge in [0.05, 0.1) is 24.5 Å². The molecule has 3 heterocycles. The number of nitrogens with two attached hydrogens (primary N) is 1. The Hall–Kier alpha value is -4.92. The molecular weight excluding hydrogens is 522 g/mol. The number of carboxylic acids is 2. The van der Waals surface area contributed by atoms with Crippen molar-refractivity contribution in [3.05, 3.63) is 41.7 Å². The zero-order valence-corrected chi connectivity index (χ0v) is 21.6. The maximum absolute atomic E-state index is 12.5. The second-order valence-electron chi connectivity index (χ2n) is 9.30. The van der Waals surface area contributed by atoms with E-state index in [2.05, 4.69) is 35.9 Å². The number of nitrogens with one attached hydrogen (secondary N) is 3. The summed E-state index contributed by atoms with van der Waals surface area (Å²) in [6, 6.07) is 4.83. The summed E-state index contributed by atoms with van der Waals surface area (Å²) >= 11 is 0. The normalized spacial score (nSPS) is 15.4. The van der Waals surface area contributed by atoms with Crippen LogP contribution >= 0.6 is 0 Å². The van der Waals surface area contributed by atoms with Crippen LogP contribution in [0.5, 0.6) is 0 Å². The number of aliphatic carboxylic acids is 2. The fourth-order valence-corrected chi connectivity index (χ4v) is 4.17. The first-order valence-corrected chi connectivity index (χ1v) is 12.5. The standard InChI is InChI=1S/C25H29N9O6/c1-34(15-6-4-13(5-7-15)22(37)30-17(24(39)40)8-9-18(35)36)12-14-11-28-21-19(29-14)20(26)31-25(32-21)33-23(38)16-3-2-10-27-16/h4-7,11,16-17,27H,2-3,8-10,12H2,1H3,(H,30,37)(H,35,36)(H,39,40)(H3,26,28,31,32,33,38)/t16-,17-/m0/s1. The Kier molecular flexibility index (Phi) is 8.63. The highest BCUT2D eigenvalue weighted by molar-refractivity contribution is 5.97. The quantitative estimate of drug-likeness (QED) is 0.190. The van der Waals surface area contributed by atoms with Gasteiger partial charge in [-0.1, -0.05) is 0 Å². The Morgan fingerprint density at radius 2 is 1.90 bits per heavy atom. The van der Waals surface area contributed by atoms with Crippen LogP contribution in [0.15, 0.2) is 30.5 Å². The number of hydrogen-bond acceptors (Lipinski definition) is 11. The van der Waals surface area contributed by atoms with Gasteiger partial charge in [-0.2, -0.15) is 9.97 Å². The number of carbonyl (C=O) groups excluding carboxylic acids is 2. The molecular formula is C25H29N9O6. The van der Waals surface area contributed by atoms with Gasteiger partial charge in [-0.15, -0.1) is 0 Å². The van der Waals surface area contributed by atoms with E-state index in [1.54, 1.807) is 18.3 Å². The molecule has 1 aliphatic heterocycles. The Bertz CT molecular complexity index is 1430. The number of hydrogen-bond donors (Lipinski definition) is 6. The molecule has 0 radical (unpaired) electrons. The minimum atomic E-state index is -1.31. The van der Waals surface area contributed by atoms with Crippen molar-refractivity contribution in [3.63, 3.8) is 0 Å². The number of amides is 2. The van der Waals surface area contributed by atoms with E-state index in [0.717, 1.165) is 25.1 Å². The Morgan fingerprint density at radius 3 is 2.55 bits per heavy atom. The molecule has 2 amide bonds. The molecule has 4 rings (SSSR count). The number of carboxylic acid groups (broad SMARTS) is 2. The highest BCUT2D eigenvalue weighted by Gasteiger charge is 2.24. The SMILES string of the molecule is CN(Cc1cnc2nc(NC(=O)[C@@H]3CCCN3)nc(N)c2n1)c1ccc(C(=O)N[C@@H](CCC(=O)O)C(=O)O)cc1. The van der Waals surface area contributed by atoms with Crippen molar-refractivity contribution in [2.24, 2.45) is 0 Å². The average molecular weight is 552 g/mol. The van der Waals surface area contributed by atoms with E-state index < -0.39 is 23.9 Å². The van der Waals surface area contributed by atoms with Gasteiger partial charge in [-0.3, -0.25) is 19.7 Å². The maximum atomic E-state index is 12.5. The third-order valence-corrected chi connectivity index (χ3v) is 6.32. The summed E-state index contributed by atoms with van der Waals surface area (Å²) in [6.07, 6.45) is 2.59. The molecule has 1 aliphatic rings. The van der Waals surface area contributed by atoms with Crippen molar-refractivity contribution in [1.29, 1.82) is 0 Å². The van der Waals surface area contributed by atoms with Crippen LogP contribution in [0.2, 0.25) is 0 Å². The molecule has 40 heavy (non-hydrogen) atoms. The lowest BCUT2D eigenvalue weighted by Crippen LogP contribution is -2.41. The number of nitrogens with zero attached hydrogens (tertiary/aromatic N) is 5. The van der Waals surface area contributed by atoms with E-state index in [1.807, 2.05) is 11.9 Å². The molecule has 0 bridgehead atoms. The highest BCUT2D eigenvalue weighted by Crippen LogP contribution is 2.20. The van der Waals surface area contributed by atoms with Gasteiger partial charge in [0.2, 0.25) is 11.9 Å². The number of carbonyl (C=O) groups is 4. The summed E-state index contributed by atoms with van der Waals surface area (Å²) in [5.74, 6) is -3.18. The highest BCUT2D eigenvalue weighted by atomic mass is 16.4. The zero-order chi connectivity index (χ0) is 28.8. The molecule has 1 fully saturated rings. The molecule has 0 unspecified atom stereocenters. The van der Waals surface area contributed by atoms with Crippen LogP contribution in [0.3, 0.4) is 0 Å². The third-order valence-electron chi connectivity index (χ3n) is 6.32. The number of rotatable bonds is 11. The maximum Gasteiger partial charge on any atom is 0.326 e. The molecule has 210 valence electrons. The predicted molar refractivity (Wildman–Crippen MR) is 144 cm³/mol. The van der Waals surface area contributed by atoms with Crippen LogP contribution in [0.1, 0.15) is 41.7 Å². The number of aromatic nitrogens is 4. The molecule has 15 nitrogen and oxygen atoms in total. The largest absolute Gasteiger partial charge is 0.481 e. The molecule has 0 spiro atoms. The van der Waals surface area contributed by atoms with Gasteiger partial charge in [-0.05, 0) is 50.1 Å². The lowest BCUT2D eigenvalue weighted by molar-refractivity contribution is -0.140. The molecule has 2 atom stereocenters. The van der Waals surface area contributed by atoms with Gasteiger partial charge in [-0.25, -0.2) is 14.8 Å². The number of nitrogen functional groups attached to an aromatic ring is 1. The Balaban J connectivity index is 1.40. The van der Waals surface area contributed by atoms with Gasteiger partial charge in [0.25, 0.3) is 5.91 Å². The van der Waals surface area contributed by atoms with E-state index in [0.29, 0.717) is 17.8 Å². The van der Waals surface area contributed by atoms with E-state index in [9.17, 15) is 24.3 Å². The minimum Gasteiger partial charge on any atom is -0.481 e. The topological polar surface area (TPSA) is 226 Å². The number of anilines is 3. The van der Waals surface area contributed by atoms with E-state index in [1.165, 1.54) is 12.1 Å². The van der Waals surface area contributed by atoms with Gasteiger partial charge in [0.15, 0.2) is 17.0 Å². The average Bonchev–Trinajstić information content (AvgIpc) is 3.46. The first-order chi connectivity index (χ1) is 19.1. The predicted octanol–water partition coefficient (Wildman–Crippen LogP) is 0.377. The lowest BCUT2D eigenvalue weighted by Gasteiger charge is -2.19. The lowest BCUT2D eigenvalue weighted by atomic mass is 10.1. The van der Waals surface area contributed by atoms with Crippen LogP contribution in [0.25, 0.3) is 11.2 Å². The molecule has 0 aliphatic carbocycles. The van der Waals surface area contributed by atoms with Crippen LogP contribution in [0.4, 0.5) is 17.5 Å². The van der Waals surface area contributed by atoms with E-state index >= 15 is 0 Å². The van der Waals surface area contributed by atoms with Crippen molar-refractivity contribution >= 4 is 52.4 Å². The van der Waals surface area contributed by atoms with Crippen molar-refractivity contribution in [2.75, 3.05) is 29.5 Å². The van der Waals surface area contributed by atoms with Crippen LogP contribution in [-0.2, 0) is 20.9 Å². The summed E-state index contributed by atoms with van der Waals surface area (Å²) in [6.45, 7) is 1.11. The Labute approximate surface area is 228 Å². The molecule has 1 aromatic carbocycles. The second kappa shape index (κ2) is 12.3. The smallest absolute Gasteiger partial charge is 0.326 e. The van der Waals surface area contributed by atoms with Gasteiger partial charge < -0.3 is 31.5 Å². The summed E-state index contributed by atoms with van der Waals surface area (Å²) in [4.78, 5) is 66.0. The summed E-state index contributed by atoms with van der Waals surface area (Å²) < 4.78 is 0. The van der Waals surface area contributed by atoms with Crippen molar-refractivity contribution in [2.45, 2.75) is 44.3 Å². The first-order valence-electron chi connectivity index (χ1n) is 12.5. The number of benzene rings is 1. The molecule has 3 aromatic rings. The molecule has 0 saturated carbocycles. The zero-order valence-electron chi connectivity index (χ0n) is 21.6. The second-order valence-corrected chi connectivity index (χ2v) is 9.30. The fraction of sp³-hybridized carbons (Fsp3) is 0.360. The molecule has 15 heteroatoms. The van der Waals surface area contributed by atoms with Crippen LogP contribution in [0, 0.1) is 0 Å². The monoisotopic (exact) mass is 551 g/mol. The summed E-state index contributed by atoms with van der Waals surface area (Å²) in [7, 11) is 1.81. The number of fused-ring (bicyclic) bond motifs is 1.